The number of hydrogen-bond acceptors (Lipinski definition) is 6. The second-order valence-corrected chi connectivity index (χ2v) is 7.26. The lowest BCUT2D eigenvalue weighted by Crippen LogP contribution is -2.21. The van der Waals surface area contributed by atoms with E-state index in [4.69, 9.17) is 4.74 Å². The highest BCUT2D eigenvalue weighted by Crippen LogP contribution is 2.20. The molecule has 1 amide bonds. The average Bonchev–Trinajstić information content (AvgIpc) is 3.10. The summed E-state index contributed by atoms with van der Waals surface area (Å²) in [7, 11) is 0. The Labute approximate surface area is 173 Å². The molecule has 7 nitrogen and oxygen atoms in total. The number of nitrogens with one attached hydrogen (secondary N) is 1. The number of anilines is 1. The van der Waals surface area contributed by atoms with E-state index < -0.39 is 5.97 Å². The molecule has 0 saturated carbocycles. The Bertz CT molecular complexity index is 1040. The molecule has 2 aromatic carbocycles. The number of aryl methyl sites for hydroxylation is 2. The summed E-state index contributed by atoms with van der Waals surface area (Å²) >= 11 is 1.49. The molecule has 1 aromatic heterocycles. The molecule has 0 aliphatic rings. The van der Waals surface area contributed by atoms with Crippen molar-refractivity contribution >= 4 is 29.3 Å². The fraction of sp³-hybridized carbons (Fsp3) is 0.238. The minimum atomic E-state index is -0.557. The Kier molecular flexibility index (Phi) is 6.33. The van der Waals surface area contributed by atoms with Crippen LogP contribution < -0.4 is 5.32 Å². The van der Waals surface area contributed by atoms with Gasteiger partial charge in [-0.05, 0) is 68.5 Å². The first-order valence-electron chi connectivity index (χ1n) is 9.00. The van der Waals surface area contributed by atoms with Gasteiger partial charge < -0.3 is 10.1 Å². The predicted molar refractivity (Wildman–Crippen MR) is 113 cm³/mol. The summed E-state index contributed by atoms with van der Waals surface area (Å²) in [5.41, 5.74) is 3.99. The number of carbonyl (C=O) groups excluding carboxylic acids is 2. The fourth-order valence-electron chi connectivity index (χ4n) is 2.81. The van der Waals surface area contributed by atoms with Gasteiger partial charge in [-0.25, -0.2) is 4.79 Å². The molecule has 0 atom stereocenters. The largest absolute Gasteiger partial charge is 0.452 e. The van der Waals surface area contributed by atoms with Crippen LogP contribution in [-0.4, -0.2) is 39.5 Å². The Morgan fingerprint density at radius 2 is 1.79 bits per heavy atom. The zero-order valence-electron chi connectivity index (χ0n) is 16.7. The first-order chi connectivity index (χ1) is 13.9. The van der Waals surface area contributed by atoms with Crippen LogP contribution in [0.4, 0.5) is 5.69 Å². The molecule has 0 saturated heterocycles. The van der Waals surface area contributed by atoms with Crippen LogP contribution in [0.15, 0.2) is 47.6 Å². The zero-order chi connectivity index (χ0) is 21.0. The summed E-state index contributed by atoms with van der Waals surface area (Å²) < 4.78 is 7.05. The first kappa shape index (κ1) is 20.6. The van der Waals surface area contributed by atoms with E-state index in [1.807, 2.05) is 49.8 Å². The lowest BCUT2D eigenvalue weighted by atomic mass is 10.1. The minimum Gasteiger partial charge on any atom is -0.452 e. The van der Waals surface area contributed by atoms with Gasteiger partial charge in [0, 0.05) is 11.4 Å². The van der Waals surface area contributed by atoms with Crippen LogP contribution in [0.5, 0.6) is 0 Å². The third-order valence-corrected chi connectivity index (χ3v) is 5.18. The highest BCUT2D eigenvalue weighted by molar-refractivity contribution is 7.98. The molecule has 0 spiro atoms. The Balaban J connectivity index is 1.62. The second-order valence-electron chi connectivity index (χ2n) is 6.49. The molecule has 0 radical (unpaired) electrons. The summed E-state index contributed by atoms with van der Waals surface area (Å²) in [5, 5.41) is 11.7. The number of amides is 1. The summed E-state index contributed by atoms with van der Waals surface area (Å²) in [6.07, 6.45) is 1.93. The predicted octanol–water partition coefficient (Wildman–Crippen LogP) is 3.71. The molecule has 3 aromatic rings. The average molecular weight is 410 g/mol. The minimum absolute atomic E-state index is 0.352. The highest BCUT2D eigenvalue weighted by Gasteiger charge is 2.14. The van der Waals surface area contributed by atoms with Crippen molar-refractivity contribution in [1.29, 1.82) is 0 Å². The zero-order valence-corrected chi connectivity index (χ0v) is 17.5. The van der Waals surface area contributed by atoms with Crippen molar-refractivity contribution < 1.29 is 14.3 Å². The van der Waals surface area contributed by atoms with Gasteiger partial charge in [0.05, 0.1) is 5.56 Å². The molecule has 0 aliphatic heterocycles. The van der Waals surface area contributed by atoms with Gasteiger partial charge in [-0.1, -0.05) is 23.9 Å². The van der Waals surface area contributed by atoms with E-state index in [1.165, 1.54) is 11.8 Å². The quantitative estimate of drug-likeness (QED) is 0.492. The molecule has 1 heterocycles. The maximum Gasteiger partial charge on any atom is 0.338 e. The van der Waals surface area contributed by atoms with Gasteiger partial charge in [0.2, 0.25) is 0 Å². The number of rotatable bonds is 6. The number of aromatic nitrogens is 3. The van der Waals surface area contributed by atoms with Crippen LogP contribution >= 0.6 is 11.8 Å². The summed E-state index contributed by atoms with van der Waals surface area (Å²) in [4.78, 5) is 24.4. The Morgan fingerprint density at radius 3 is 2.48 bits per heavy atom. The standard InChI is InChI=1S/C21H22N4O3S/c1-13-6-5-7-18(14(13)2)22-19(26)12-28-20(27)16-8-10-17(11-9-16)25-15(3)23-24-21(25)29-4/h5-11H,12H2,1-4H3,(H,22,26). The van der Waals surface area contributed by atoms with E-state index >= 15 is 0 Å². The van der Waals surface area contributed by atoms with Crippen LogP contribution in [0.25, 0.3) is 5.69 Å². The molecule has 3 rings (SSSR count). The normalized spacial score (nSPS) is 10.6. The third kappa shape index (κ3) is 4.65. The monoisotopic (exact) mass is 410 g/mol. The second kappa shape index (κ2) is 8.91. The molecule has 8 heteroatoms. The number of esters is 1. The SMILES string of the molecule is CSc1nnc(C)n1-c1ccc(C(=O)OCC(=O)Nc2cccc(C)c2C)cc1. The van der Waals surface area contributed by atoms with Gasteiger partial charge in [-0.2, -0.15) is 0 Å². The van der Waals surface area contributed by atoms with Crippen LogP contribution in [0.3, 0.4) is 0 Å². The third-order valence-electron chi connectivity index (χ3n) is 4.55. The number of nitrogens with zero attached hydrogens (tertiary/aromatic N) is 3. The smallest absolute Gasteiger partial charge is 0.338 e. The Hall–Kier alpha value is -3.13. The molecule has 0 aliphatic carbocycles. The highest BCUT2D eigenvalue weighted by atomic mass is 32.2. The van der Waals surface area contributed by atoms with E-state index in [9.17, 15) is 9.59 Å². The van der Waals surface area contributed by atoms with E-state index in [0.29, 0.717) is 11.3 Å². The Morgan fingerprint density at radius 1 is 1.07 bits per heavy atom. The first-order valence-corrected chi connectivity index (χ1v) is 10.2. The number of ether oxygens (including phenoxy) is 1. The summed E-state index contributed by atoms with van der Waals surface area (Å²) in [6.45, 7) is 5.41. The topological polar surface area (TPSA) is 86.1 Å². The van der Waals surface area contributed by atoms with Crippen molar-refractivity contribution in [1.82, 2.24) is 14.8 Å². The maximum atomic E-state index is 12.3. The van der Waals surface area contributed by atoms with Crippen molar-refractivity contribution in [2.24, 2.45) is 0 Å². The van der Waals surface area contributed by atoms with Crippen molar-refractivity contribution in [2.45, 2.75) is 25.9 Å². The van der Waals surface area contributed by atoms with Crippen molar-refractivity contribution in [2.75, 3.05) is 18.2 Å². The molecule has 29 heavy (non-hydrogen) atoms. The van der Waals surface area contributed by atoms with Crippen molar-refractivity contribution in [3.8, 4) is 5.69 Å². The van der Waals surface area contributed by atoms with Gasteiger partial charge in [0.25, 0.3) is 5.91 Å². The van der Waals surface area contributed by atoms with Crippen LogP contribution in [0, 0.1) is 20.8 Å². The van der Waals surface area contributed by atoms with Crippen LogP contribution in [-0.2, 0) is 9.53 Å². The molecular formula is C21H22N4O3S. The number of hydrogen-bond donors (Lipinski definition) is 1. The van der Waals surface area contributed by atoms with E-state index in [0.717, 1.165) is 27.8 Å². The van der Waals surface area contributed by atoms with Crippen molar-refractivity contribution in [3.63, 3.8) is 0 Å². The van der Waals surface area contributed by atoms with Crippen LogP contribution in [0.1, 0.15) is 27.3 Å². The van der Waals surface area contributed by atoms with Crippen molar-refractivity contribution in [3.05, 3.63) is 65.0 Å². The van der Waals surface area contributed by atoms with Gasteiger partial charge >= 0.3 is 5.97 Å². The van der Waals surface area contributed by atoms with Crippen LogP contribution in [0.2, 0.25) is 0 Å². The molecule has 0 unspecified atom stereocenters. The van der Waals surface area contributed by atoms with E-state index in [-0.39, 0.29) is 12.5 Å². The summed E-state index contributed by atoms with van der Waals surface area (Å²) in [6, 6.07) is 12.6. The number of thioether (sulfide) groups is 1. The van der Waals surface area contributed by atoms with Gasteiger partial charge in [0.15, 0.2) is 11.8 Å². The van der Waals surface area contributed by atoms with Gasteiger partial charge in [0.1, 0.15) is 5.82 Å². The fourth-order valence-corrected chi connectivity index (χ4v) is 3.35. The number of carbonyl (C=O) groups is 2. The van der Waals surface area contributed by atoms with E-state index in [2.05, 4.69) is 15.5 Å². The van der Waals surface area contributed by atoms with Gasteiger partial charge in [-0.3, -0.25) is 9.36 Å². The molecule has 0 fully saturated rings. The molecule has 150 valence electrons. The van der Waals surface area contributed by atoms with E-state index in [1.54, 1.807) is 24.3 Å². The molecular weight excluding hydrogens is 388 g/mol. The lowest BCUT2D eigenvalue weighted by molar-refractivity contribution is -0.119. The summed E-state index contributed by atoms with van der Waals surface area (Å²) in [5.74, 6) is -0.181. The molecule has 1 N–H and O–H groups in total. The lowest BCUT2D eigenvalue weighted by Gasteiger charge is -2.11. The number of benzene rings is 2. The van der Waals surface area contributed by atoms with Gasteiger partial charge in [-0.15, -0.1) is 10.2 Å². The molecule has 0 bridgehead atoms. The maximum absolute atomic E-state index is 12.3.